The fourth-order valence-electron chi connectivity index (χ4n) is 3.42. The molecule has 1 saturated heterocycles. The van der Waals surface area contributed by atoms with Crippen LogP contribution in [0.4, 0.5) is 18.9 Å². The first-order chi connectivity index (χ1) is 12.8. The first-order valence-electron chi connectivity index (χ1n) is 9.50. The minimum absolute atomic E-state index is 0.134. The number of rotatable bonds is 5. The van der Waals surface area contributed by atoms with E-state index in [4.69, 9.17) is 5.73 Å². The Labute approximate surface area is 158 Å². The van der Waals surface area contributed by atoms with Crippen LogP contribution in [0.3, 0.4) is 0 Å². The molecule has 0 amide bonds. The second-order valence-electron chi connectivity index (χ2n) is 7.51. The van der Waals surface area contributed by atoms with Gasteiger partial charge in [0.25, 0.3) is 0 Å². The molecule has 2 aliphatic rings. The monoisotopic (exact) mass is 383 g/mol. The molecule has 1 aliphatic heterocycles. The lowest BCUT2D eigenvalue weighted by Crippen LogP contribution is -2.44. The van der Waals surface area contributed by atoms with Crippen LogP contribution in [0.1, 0.15) is 30.4 Å². The van der Waals surface area contributed by atoms with Crippen LogP contribution in [0.2, 0.25) is 0 Å². The third-order valence-corrected chi connectivity index (χ3v) is 5.47. The average molecular weight is 383 g/mol. The Balaban J connectivity index is 1.74. The van der Waals surface area contributed by atoms with Gasteiger partial charge in [-0.05, 0) is 49.6 Å². The fraction of sp³-hybridized carbons (Fsp3) is 0.632. The van der Waals surface area contributed by atoms with Crippen LogP contribution in [-0.2, 0) is 12.7 Å². The van der Waals surface area contributed by atoms with E-state index in [0.29, 0.717) is 17.4 Å². The summed E-state index contributed by atoms with van der Waals surface area (Å²) < 4.78 is 39.5. The van der Waals surface area contributed by atoms with E-state index in [2.05, 4.69) is 20.1 Å². The topological polar surface area (TPSA) is 56.9 Å². The van der Waals surface area contributed by atoms with Gasteiger partial charge in [0.2, 0.25) is 0 Å². The molecule has 1 saturated carbocycles. The Morgan fingerprint density at radius 3 is 2.52 bits per heavy atom. The molecule has 0 spiro atoms. The number of hydrogen-bond acceptors (Lipinski definition) is 3. The van der Waals surface area contributed by atoms with Gasteiger partial charge in [-0.15, -0.1) is 0 Å². The lowest BCUT2D eigenvalue weighted by Gasteiger charge is -2.35. The molecule has 3 rings (SSSR count). The number of anilines is 1. The summed E-state index contributed by atoms with van der Waals surface area (Å²) in [6.07, 6.45) is -0.724. The molecule has 0 bridgehead atoms. The van der Waals surface area contributed by atoms with Crippen molar-refractivity contribution in [3.8, 4) is 0 Å². The first kappa shape index (κ1) is 19.8. The molecule has 0 radical (unpaired) electrons. The Kier molecular flexibility index (Phi) is 6.14. The van der Waals surface area contributed by atoms with Crippen LogP contribution in [0.25, 0.3) is 0 Å². The van der Waals surface area contributed by atoms with Gasteiger partial charge in [0, 0.05) is 38.4 Å². The molecule has 1 aromatic carbocycles. The van der Waals surface area contributed by atoms with Gasteiger partial charge in [-0.3, -0.25) is 0 Å². The zero-order valence-corrected chi connectivity index (χ0v) is 15.7. The number of piperazine rings is 1. The highest BCUT2D eigenvalue weighted by molar-refractivity contribution is 5.78. The standard InChI is InChI=1S/C19H28F3N5/c1-26-7-9-27(10-8-26)17-6-5-16(19(20,21)22)11-15(17)13-25-18(23)24-12-14-3-2-4-14/h5-6,11,14H,2-4,7-10,12-13H2,1H3,(H3,23,24,25). The summed E-state index contributed by atoms with van der Waals surface area (Å²) in [6, 6.07) is 3.92. The van der Waals surface area contributed by atoms with Crippen molar-refractivity contribution in [1.29, 1.82) is 0 Å². The maximum Gasteiger partial charge on any atom is 0.416 e. The van der Waals surface area contributed by atoms with Crippen LogP contribution in [0.15, 0.2) is 23.2 Å². The number of likely N-dealkylation sites (N-methyl/N-ethyl adjacent to an activating group) is 1. The molecule has 5 nitrogen and oxygen atoms in total. The van der Waals surface area contributed by atoms with Gasteiger partial charge < -0.3 is 20.9 Å². The van der Waals surface area contributed by atoms with Crippen LogP contribution >= 0.6 is 0 Å². The highest BCUT2D eigenvalue weighted by atomic mass is 19.4. The number of nitrogens with one attached hydrogen (secondary N) is 1. The molecule has 2 fully saturated rings. The zero-order valence-electron chi connectivity index (χ0n) is 15.7. The van der Waals surface area contributed by atoms with Crippen LogP contribution in [-0.4, -0.2) is 50.6 Å². The van der Waals surface area contributed by atoms with E-state index in [9.17, 15) is 13.2 Å². The van der Waals surface area contributed by atoms with Crippen LogP contribution < -0.4 is 16.0 Å². The van der Waals surface area contributed by atoms with Crippen molar-refractivity contribution in [1.82, 2.24) is 10.2 Å². The van der Waals surface area contributed by atoms with E-state index in [1.807, 2.05) is 7.05 Å². The van der Waals surface area contributed by atoms with Gasteiger partial charge in [-0.2, -0.15) is 13.2 Å². The maximum absolute atomic E-state index is 13.2. The fourth-order valence-corrected chi connectivity index (χ4v) is 3.42. The van der Waals surface area contributed by atoms with E-state index in [-0.39, 0.29) is 6.54 Å². The van der Waals surface area contributed by atoms with Crippen molar-refractivity contribution in [3.05, 3.63) is 29.3 Å². The molecule has 8 heteroatoms. The number of benzene rings is 1. The number of nitrogens with zero attached hydrogens (tertiary/aromatic N) is 3. The molecule has 0 aromatic heterocycles. The van der Waals surface area contributed by atoms with Crippen molar-refractivity contribution in [2.75, 3.05) is 44.7 Å². The largest absolute Gasteiger partial charge is 0.416 e. The number of hydrogen-bond donors (Lipinski definition) is 2. The Morgan fingerprint density at radius 1 is 1.22 bits per heavy atom. The second-order valence-corrected chi connectivity index (χ2v) is 7.51. The van der Waals surface area contributed by atoms with E-state index in [1.165, 1.54) is 25.3 Å². The summed E-state index contributed by atoms with van der Waals surface area (Å²) in [5.41, 5.74) is 6.64. The molecule has 1 heterocycles. The molecular weight excluding hydrogens is 355 g/mol. The van der Waals surface area contributed by atoms with Crippen LogP contribution in [0.5, 0.6) is 0 Å². The Hall–Kier alpha value is -1.96. The molecule has 0 atom stereocenters. The minimum atomic E-state index is -4.37. The summed E-state index contributed by atoms with van der Waals surface area (Å²) >= 11 is 0. The summed E-state index contributed by atoms with van der Waals surface area (Å²) in [5, 5.41) is 3.09. The summed E-state index contributed by atoms with van der Waals surface area (Å²) in [5.74, 6) is 0.928. The Morgan fingerprint density at radius 2 is 1.93 bits per heavy atom. The molecule has 150 valence electrons. The van der Waals surface area contributed by atoms with E-state index < -0.39 is 11.7 Å². The maximum atomic E-state index is 13.2. The highest BCUT2D eigenvalue weighted by Gasteiger charge is 2.31. The van der Waals surface area contributed by atoms with Crippen molar-refractivity contribution < 1.29 is 13.2 Å². The molecular formula is C19H28F3N5. The van der Waals surface area contributed by atoms with Crippen LogP contribution in [0, 0.1) is 5.92 Å². The van der Waals surface area contributed by atoms with Gasteiger partial charge >= 0.3 is 6.18 Å². The number of nitrogens with two attached hydrogens (primary N) is 1. The minimum Gasteiger partial charge on any atom is -0.370 e. The summed E-state index contributed by atoms with van der Waals surface area (Å²) in [6.45, 7) is 4.25. The molecule has 1 aromatic rings. The number of guanidine groups is 1. The predicted octanol–water partition coefficient (Wildman–Crippen LogP) is 2.66. The molecule has 3 N–H and O–H groups in total. The van der Waals surface area contributed by atoms with Gasteiger partial charge in [0.15, 0.2) is 5.96 Å². The quantitative estimate of drug-likeness (QED) is 0.606. The predicted molar refractivity (Wildman–Crippen MR) is 102 cm³/mol. The van der Waals surface area contributed by atoms with Crippen molar-refractivity contribution in [2.24, 2.45) is 16.6 Å². The third-order valence-electron chi connectivity index (χ3n) is 5.47. The zero-order chi connectivity index (χ0) is 19.4. The number of alkyl halides is 3. The van der Waals surface area contributed by atoms with Crippen molar-refractivity contribution in [3.63, 3.8) is 0 Å². The molecule has 1 aliphatic carbocycles. The van der Waals surface area contributed by atoms with E-state index in [1.54, 1.807) is 6.07 Å². The number of halogens is 3. The van der Waals surface area contributed by atoms with E-state index in [0.717, 1.165) is 44.5 Å². The van der Waals surface area contributed by atoms with Gasteiger partial charge in [0.1, 0.15) is 0 Å². The van der Waals surface area contributed by atoms with Crippen molar-refractivity contribution in [2.45, 2.75) is 32.0 Å². The van der Waals surface area contributed by atoms with Gasteiger partial charge in [-0.1, -0.05) is 6.42 Å². The molecule has 27 heavy (non-hydrogen) atoms. The highest BCUT2D eigenvalue weighted by Crippen LogP contribution is 2.33. The van der Waals surface area contributed by atoms with Crippen molar-refractivity contribution >= 4 is 11.6 Å². The Bertz CT molecular complexity index is 662. The average Bonchev–Trinajstić information content (AvgIpc) is 2.58. The molecule has 0 unspecified atom stereocenters. The second kappa shape index (κ2) is 8.37. The lowest BCUT2D eigenvalue weighted by molar-refractivity contribution is -0.137. The van der Waals surface area contributed by atoms with E-state index >= 15 is 0 Å². The normalized spacial score (nSPS) is 19.9. The van der Waals surface area contributed by atoms with Gasteiger partial charge in [0.05, 0.1) is 12.1 Å². The third kappa shape index (κ3) is 5.28. The lowest BCUT2D eigenvalue weighted by atomic mass is 9.85. The first-order valence-corrected chi connectivity index (χ1v) is 9.50. The summed E-state index contributed by atoms with van der Waals surface area (Å²) in [7, 11) is 2.05. The summed E-state index contributed by atoms with van der Waals surface area (Å²) in [4.78, 5) is 8.63. The van der Waals surface area contributed by atoms with Gasteiger partial charge in [-0.25, -0.2) is 4.99 Å². The number of aliphatic imine (C=N–C) groups is 1. The SMILES string of the molecule is CN1CCN(c2ccc(C(F)(F)F)cc2CN=C(N)NCC2CCC2)CC1. The smallest absolute Gasteiger partial charge is 0.370 e.